The number of carboxylic acid groups (broad SMARTS) is 1. The quantitative estimate of drug-likeness (QED) is 0.539. The molecule has 0 aliphatic heterocycles. The van der Waals surface area contributed by atoms with Crippen molar-refractivity contribution in [3.63, 3.8) is 0 Å². The predicted molar refractivity (Wildman–Crippen MR) is 70.8 cm³/mol. The molecule has 2 N–H and O–H groups in total. The Labute approximate surface area is 117 Å². The van der Waals surface area contributed by atoms with Crippen LogP contribution in [-0.2, 0) is 11.3 Å². The van der Waals surface area contributed by atoms with Crippen LogP contribution in [0, 0.1) is 0 Å². The normalized spacial score (nSPS) is 10.2. The average molecular weight is 278 g/mol. The molecule has 0 atom stereocenters. The SMILES string of the molecule is C=CC[NH+](CC=C)Cc1ccc(C(=O)NCC(=O)[O-])o1. The van der Waals surface area contributed by atoms with Crippen LogP contribution >= 0.6 is 0 Å². The van der Waals surface area contributed by atoms with E-state index in [1.54, 1.807) is 18.2 Å². The number of carboxylic acids is 1. The molecule has 1 aromatic heterocycles. The summed E-state index contributed by atoms with van der Waals surface area (Å²) in [6, 6.07) is 3.21. The minimum absolute atomic E-state index is 0.0813. The molecular formula is C14H18N2O4. The second kappa shape index (κ2) is 7.96. The van der Waals surface area contributed by atoms with Crippen molar-refractivity contribution in [2.75, 3.05) is 19.6 Å². The topological polar surface area (TPSA) is 86.8 Å². The second-order valence-corrected chi connectivity index (χ2v) is 4.23. The van der Waals surface area contributed by atoms with Gasteiger partial charge < -0.3 is 24.5 Å². The van der Waals surface area contributed by atoms with Gasteiger partial charge in [0.25, 0.3) is 5.91 Å². The molecule has 0 spiro atoms. The predicted octanol–water partition coefficient (Wildman–Crippen LogP) is -1.48. The van der Waals surface area contributed by atoms with Crippen molar-refractivity contribution in [2.45, 2.75) is 6.54 Å². The number of rotatable bonds is 9. The largest absolute Gasteiger partial charge is 0.548 e. The van der Waals surface area contributed by atoms with Crippen LogP contribution in [0.3, 0.4) is 0 Å². The first kappa shape index (κ1) is 15.7. The molecule has 0 aliphatic carbocycles. The minimum atomic E-state index is -1.35. The van der Waals surface area contributed by atoms with E-state index in [0.717, 1.165) is 13.1 Å². The molecule has 1 rings (SSSR count). The van der Waals surface area contributed by atoms with E-state index in [9.17, 15) is 14.7 Å². The number of amides is 1. The smallest absolute Gasteiger partial charge is 0.287 e. The Morgan fingerprint density at radius 2 is 1.95 bits per heavy atom. The van der Waals surface area contributed by atoms with E-state index in [-0.39, 0.29) is 5.76 Å². The summed E-state index contributed by atoms with van der Waals surface area (Å²) in [5, 5.41) is 12.4. The molecule has 1 aromatic rings. The Bertz CT molecular complexity index is 483. The van der Waals surface area contributed by atoms with Crippen LogP contribution in [0.15, 0.2) is 41.9 Å². The fraction of sp³-hybridized carbons (Fsp3) is 0.286. The highest BCUT2D eigenvalue weighted by atomic mass is 16.4. The van der Waals surface area contributed by atoms with E-state index < -0.39 is 18.4 Å². The summed E-state index contributed by atoms with van der Waals surface area (Å²) in [6.07, 6.45) is 3.60. The zero-order valence-electron chi connectivity index (χ0n) is 11.2. The zero-order chi connectivity index (χ0) is 15.0. The summed E-state index contributed by atoms with van der Waals surface area (Å²) < 4.78 is 5.39. The summed E-state index contributed by atoms with van der Waals surface area (Å²) in [5.41, 5.74) is 0. The van der Waals surface area contributed by atoms with Crippen molar-refractivity contribution in [2.24, 2.45) is 0 Å². The number of hydrogen-bond acceptors (Lipinski definition) is 4. The van der Waals surface area contributed by atoms with Crippen molar-refractivity contribution in [3.8, 4) is 0 Å². The number of carbonyl (C=O) groups excluding carboxylic acids is 2. The van der Waals surface area contributed by atoms with Gasteiger partial charge in [0, 0.05) is 0 Å². The molecule has 0 saturated carbocycles. The lowest BCUT2D eigenvalue weighted by Crippen LogP contribution is -3.10. The van der Waals surface area contributed by atoms with Crippen molar-refractivity contribution in [3.05, 3.63) is 49.0 Å². The van der Waals surface area contributed by atoms with Gasteiger partial charge in [0.1, 0.15) is 6.54 Å². The van der Waals surface area contributed by atoms with Crippen LogP contribution in [0.25, 0.3) is 0 Å². The van der Waals surface area contributed by atoms with Gasteiger partial charge in [-0.05, 0) is 24.3 Å². The third-order valence-corrected chi connectivity index (χ3v) is 2.57. The molecule has 1 heterocycles. The molecule has 6 nitrogen and oxygen atoms in total. The van der Waals surface area contributed by atoms with Crippen molar-refractivity contribution in [1.82, 2.24) is 5.32 Å². The number of quaternary nitrogens is 1. The Morgan fingerprint density at radius 1 is 1.30 bits per heavy atom. The van der Waals surface area contributed by atoms with Crippen molar-refractivity contribution < 1.29 is 24.0 Å². The van der Waals surface area contributed by atoms with Gasteiger partial charge in [-0.25, -0.2) is 0 Å². The number of aliphatic carboxylic acids is 1. The molecule has 0 saturated heterocycles. The van der Waals surface area contributed by atoms with Crippen LogP contribution < -0.4 is 15.3 Å². The standard InChI is InChI=1S/C14H18N2O4/c1-3-7-16(8-4-2)10-11-5-6-12(20-11)14(19)15-9-13(17)18/h3-6H,1-2,7-10H2,(H,15,19)(H,17,18). The molecule has 0 aliphatic rings. The molecule has 6 heteroatoms. The lowest BCUT2D eigenvalue weighted by Gasteiger charge is -2.14. The molecule has 0 aromatic carbocycles. The lowest BCUT2D eigenvalue weighted by molar-refractivity contribution is -0.903. The van der Waals surface area contributed by atoms with Gasteiger partial charge in [-0.15, -0.1) is 0 Å². The summed E-state index contributed by atoms with van der Waals surface area (Å²) in [4.78, 5) is 23.0. The van der Waals surface area contributed by atoms with Crippen LogP contribution in [0.5, 0.6) is 0 Å². The highest BCUT2D eigenvalue weighted by molar-refractivity contribution is 5.93. The van der Waals surface area contributed by atoms with Crippen LogP contribution in [-0.4, -0.2) is 31.5 Å². The Morgan fingerprint density at radius 3 is 2.50 bits per heavy atom. The molecule has 0 unspecified atom stereocenters. The minimum Gasteiger partial charge on any atom is -0.548 e. The Hall–Kier alpha value is -2.34. The fourth-order valence-electron chi connectivity index (χ4n) is 1.72. The van der Waals surface area contributed by atoms with Gasteiger partial charge in [-0.2, -0.15) is 0 Å². The zero-order valence-corrected chi connectivity index (χ0v) is 11.2. The third kappa shape index (κ3) is 5.11. The Kier molecular flexibility index (Phi) is 6.25. The molecule has 108 valence electrons. The monoisotopic (exact) mass is 278 g/mol. The maximum Gasteiger partial charge on any atom is 0.287 e. The molecule has 20 heavy (non-hydrogen) atoms. The van der Waals surface area contributed by atoms with Gasteiger partial charge in [0.15, 0.2) is 11.5 Å². The molecule has 0 radical (unpaired) electrons. The van der Waals surface area contributed by atoms with Gasteiger partial charge in [-0.1, -0.05) is 13.2 Å². The van der Waals surface area contributed by atoms with Gasteiger partial charge >= 0.3 is 0 Å². The maximum absolute atomic E-state index is 11.6. The number of nitrogens with one attached hydrogen (secondary N) is 2. The van der Waals surface area contributed by atoms with E-state index in [1.165, 1.54) is 11.0 Å². The first-order valence-electron chi connectivity index (χ1n) is 6.19. The first-order chi connectivity index (χ1) is 9.56. The number of hydrogen-bond donors (Lipinski definition) is 2. The van der Waals surface area contributed by atoms with Crippen molar-refractivity contribution in [1.29, 1.82) is 0 Å². The highest BCUT2D eigenvalue weighted by Crippen LogP contribution is 2.06. The number of furan rings is 1. The third-order valence-electron chi connectivity index (χ3n) is 2.57. The van der Waals surface area contributed by atoms with E-state index in [0.29, 0.717) is 12.3 Å². The van der Waals surface area contributed by atoms with Gasteiger partial charge in [0.2, 0.25) is 0 Å². The van der Waals surface area contributed by atoms with Gasteiger partial charge in [0.05, 0.1) is 25.6 Å². The van der Waals surface area contributed by atoms with Gasteiger partial charge in [-0.3, -0.25) is 4.79 Å². The summed E-state index contributed by atoms with van der Waals surface area (Å²) in [7, 11) is 0. The summed E-state index contributed by atoms with van der Waals surface area (Å²) >= 11 is 0. The molecule has 1 amide bonds. The van der Waals surface area contributed by atoms with Crippen LogP contribution in [0.2, 0.25) is 0 Å². The maximum atomic E-state index is 11.6. The van der Waals surface area contributed by atoms with Crippen molar-refractivity contribution >= 4 is 11.9 Å². The molecule has 0 fully saturated rings. The van der Waals surface area contributed by atoms with E-state index in [1.807, 2.05) is 0 Å². The average Bonchev–Trinajstić information content (AvgIpc) is 2.85. The Balaban J connectivity index is 2.61. The number of carbonyl (C=O) groups is 2. The van der Waals surface area contributed by atoms with Crippen LogP contribution in [0.1, 0.15) is 16.3 Å². The molecule has 0 bridgehead atoms. The molecular weight excluding hydrogens is 260 g/mol. The van der Waals surface area contributed by atoms with E-state index in [4.69, 9.17) is 4.42 Å². The summed E-state index contributed by atoms with van der Waals surface area (Å²) in [5.74, 6) is -1.20. The first-order valence-corrected chi connectivity index (χ1v) is 6.19. The highest BCUT2D eigenvalue weighted by Gasteiger charge is 2.14. The van der Waals surface area contributed by atoms with E-state index in [2.05, 4.69) is 18.5 Å². The fourth-order valence-corrected chi connectivity index (χ4v) is 1.72. The lowest BCUT2D eigenvalue weighted by atomic mass is 10.3. The second-order valence-electron chi connectivity index (χ2n) is 4.23. The van der Waals surface area contributed by atoms with Crippen LogP contribution in [0.4, 0.5) is 0 Å². The summed E-state index contributed by atoms with van der Waals surface area (Å²) in [6.45, 7) is 8.92. The van der Waals surface area contributed by atoms with E-state index >= 15 is 0 Å².